The molecule has 5 aromatic heterocycles. The van der Waals surface area contributed by atoms with Crippen LogP contribution < -0.4 is 10.6 Å². The average Bonchev–Trinajstić information content (AvgIpc) is 3.43. The second kappa shape index (κ2) is 7.05. The Bertz CT molecular complexity index is 1390. The van der Waals surface area contributed by atoms with E-state index in [0.29, 0.717) is 17.2 Å². The van der Waals surface area contributed by atoms with E-state index in [1.165, 1.54) is 19.3 Å². The highest BCUT2D eigenvalue weighted by Gasteiger charge is 2.19. The fourth-order valence-electron chi connectivity index (χ4n) is 4.26. The summed E-state index contributed by atoms with van der Waals surface area (Å²) in [5, 5.41) is 8.49. The molecule has 1 aliphatic rings. The Kier molecular flexibility index (Phi) is 4.05. The number of nitrogens with zero attached hydrogens (tertiary/aromatic N) is 6. The van der Waals surface area contributed by atoms with Crippen molar-refractivity contribution >= 4 is 33.4 Å². The van der Waals surface area contributed by atoms with Gasteiger partial charge in [0.1, 0.15) is 11.2 Å². The van der Waals surface area contributed by atoms with Crippen LogP contribution in [0.15, 0.2) is 43.0 Å². The topological polar surface area (TPSA) is 125 Å². The van der Waals surface area contributed by atoms with Crippen LogP contribution in [0.5, 0.6) is 0 Å². The van der Waals surface area contributed by atoms with E-state index in [1.807, 2.05) is 18.3 Å². The third-order valence-corrected chi connectivity index (χ3v) is 5.79. The molecule has 1 fully saturated rings. The van der Waals surface area contributed by atoms with Crippen molar-refractivity contribution in [2.45, 2.75) is 19.3 Å². The molecule has 6 heterocycles. The number of piperidine rings is 1. The minimum Gasteiger partial charge on any atom is -0.397 e. The van der Waals surface area contributed by atoms with Crippen LogP contribution in [0, 0.1) is 0 Å². The summed E-state index contributed by atoms with van der Waals surface area (Å²) >= 11 is 0. The molecule has 0 saturated carbocycles. The summed E-state index contributed by atoms with van der Waals surface area (Å²) < 4.78 is 0. The molecule has 5 aromatic rings. The highest BCUT2D eigenvalue weighted by molar-refractivity contribution is 5.96. The smallest absolute Gasteiger partial charge is 0.180 e. The van der Waals surface area contributed by atoms with E-state index in [9.17, 15) is 0 Å². The minimum atomic E-state index is 0.598. The summed E-state index contributed by atoms with van der Waals surface area (Å²) in [4.78, 5) is 23.8. The maximum absolute atomic E-state index is 5.89. The number of pyridine rings is 3. The lowest BCUT2D eigenvalue weighted by atomic mass is 10.1. The number of nitrogens with one attached hydrogen (secondary N) is 2. The lowest BCUT2D eigenvalue weighted by Gasteiger charge is -2.28. The molecule has 1 aliphatic heterocycles. The van der Waals surface area contributed by atoms with E-state index < -0.39 is 0 Å². The van der Waals surface area contributed by atoms with E-state index >= 15 is 0 Å². The summed E-state index contributed by atoms with van der Waals surface area (Å²) in [6.45, 7) is 2.12. The third-order valence-electron chi connectivity index (χ3n) is 5.79. The maximum atomic E-state index is 5.89. The molecular formula is C22H21N9. The van der Waals surface area contributed by atoms with Crippen molar-refractivity contribution < 1.29 is 0 Å². The van der Waals surface area contributed by atoms with Gasteiger partial charge in [0, 0.05) is 42.6 Å². The largest absolute Gasteiger partial charge is 0.397 e. The molecule has 0 unspecified atom stereocenters. The first-order valence-corrected chi connectivity index (χ1v) is 10.4. The van der Waals surface area contributed by atoms with Crippen molar-refractivity contribution in [2.24, 2.45) is 0 Å². The van der Waals surface area contributed by atoms with Gasteiger partial charge in [-0.2, -0.15) is 5.10 Å². The van der Waals surface area contributed by atoms with Gasteiger partial charge in [-0.15, -0.1) is 0 Å². The Labute approximate surface area is 177 Å². The Balaban J connectivity index is 1.46. The summed E-state index contributed by atoms with van der Waals surface area (Å²) in [7, 11) is 0. The quantitative estimate of drug-likeness (QED) is 0.415. The Hall–Kier alpha value is -4.01. The van der Waals surface area contributed by atoms with Gasteiger partial charge >= 0.3 is 0 Å². The molecule has 1 saturated heterocycles. The third kappa shape index (κ3) is 3.05. The molecule has 9 heteroatoms. The van der Waals surface area contributed by atoms with Gasteiger partial charge in [-0.25, -0.2) is 9.97 Å². The number of hydrogen-bond acceptors (Lipinski definition) is 7. The molecule has 0 bridgehead atoms. The molecule has 0 spiro atoms. The first-order valence-electron chi connectivity index (χ1n) is 10.4. The molecule has 9 nitrogen and oxygen atoms in total. The lowest BCUT2D eigenvalue weighted by molar-refractivity contribution is 0.578. The second-order valence-corrected chi connectivity index (χ2v) is 7.86. The van der Waals surface area contributed by atoms with Gasteiger partial charge in [0.15, 0.2) is 11.5 Å². The SMILES string of the molecule is Nc1cncc(-c2cc3c(-c4nc5nccc(N6CCCCC6)c5[nH]4)n[nH]c3cn2)c1. The molecule has 0 atom stereocenters. The van der Waals surface area contributed by atoms with Crippen molar-refractivity contribution in [1.29, 1.82) is 0 Å². The van der Waals surface area contributed by atoms with Crippen molar-refractivity contribution in [2.75, 3.05) is 23.7 Å². The van der Waals surface area contributed by atoms with Gasteiger partial charge in [-0.3, -0.25) is 15.1 Å². The Morgan fingerprint density at radius 3 is 2.77 bits per heavy atom. The number of H-pyrrole nitrogens is 2. The van der Waals surface area contributed by atoms with Gasteiger partial charge < -0.3 is 15.6 Å². The van der Waals surface area contributed by atoms with Crippen LogP contribution in [0.3, 0.4) is 0 Å². The van der Waals surface area contributed by atoms with Gasteiger partial charge in [0.05, 0.1) is 28.8 Å². The molecule has 0 aliphatic carbocycles. The number of nitrogens with two attached hydrogens (primary N) is 1. The summed E-state index contributed by atoms with van der Waals surface area (Å²) in [6, 6.07) is 5.90. The van der Waals surface area contributed by atoms with Crippen molar-refractivity contribution in [3.8, 4) is 22.8 Å². The lowest BCUT2D eigenvalue weighted by Crippen LogP contribution is -2.29. The molecule has 6 rings (SSSR count). The van der Waals surface area contributed by atoms with Crippen LogP contribution in [0.25, 0.3) is 44.8 Å². The van der Waals surface area contributed by atoms with Gasteiger partial charge in [0.2, 0.25) is 0 Å². The monoisotopic (exact) mass is 411 g/mol. The molecule has 0 radical (unpaired) electrons. The van der Waals surface area contributed by atoms with Crippen molar-refractivity contribution in [3.63, 3.8) is 0 Å². The number of imidazole rings is 1. The summed E-state index contributed by atoms with van der Waals surface area (Å²) in [6.07, 6.45) is 10.7. The van der Waals surface area contributed by atoms with Crippen molar-refractivity contribution in [1.82, 2.24) is 35.1 Å². The highest BCUT2D eigenvalue weighted by atomic mass is 15.2. The first kappa shape index (κ1) is 17.8. The average molecular weight is 411 g/mol. The standard InChI is InChI=1S/C22H21N9/c23-14-8-13(10-24-11-14)16-9-15-17(12-26-16)29-30-19(15)22-27-20-18(4-5-25-21(20)28-22)31-6-2-1-3-7-31/h4-5,8-12H,1-3,6-7,23H2,(H,29,30)(H,25,27,28). The van der Waals surface area contributed by atoms with E-state index in [4.69, 9.17) is 10.7 Å². The van der Waals surface area contributed by atoms with Gasteiger partial charge in [0.25, 0.3) is 0 Å². The van der Waals surface area contributed by atoms with Crippen LogP contribution in [0.4, 0.5) is 11.4 Å². The van der Waals surface area contributed by atoms with Crippen LogP contribution in [0.2, 0.25) is 0 Å². The number of fused-ring (bicyclic) bond motifs is 2. The number of aromatic amines is 2. The van der Waals surface area contributed by atoms with Crippen LogP contribution in [-0.4, -0.2) is 48.2 Å². The zero-order chi connectivity index (χ0) is 20.8. The predicted molar refractivity (Wildman–Crippen MR) is 120 cm³/mol. The Morgan fingerprint density at radius 2 is 1.90 bits per heavy atom. The van der Waals surface area contributed by atoms with E-state index in [0.717, 1.165) is 52.1 Å². The number of aromatic nitrogens is 7. The fraction of sp³-hybridized carbons (Fsp3) is 0.227. The number of anilines is 2. The maximum Gasteiger partial charge on any atom is 0.180 e. The normalized spacial score (nSPS) is 14.5. The number of nitrogen functional groups attached to an aromatic ring is 1. The van der Waals surface area contributed by atoms with Crippen LogP contribution in [0.1, 0.15) is 19.3 Å². The van der Waals surface area contributed by atoms with E-state index in [1.54, 1.807) is 18.6 Å². The molecular weight excluding hydrogens is 390 g/mol. The van der Waals surface area contributed by atoms with E-state index in [2.05, 4.69) is 41.1 Å². The fourth-order valence-corrected chi connectivity index (χ4v) is 4.26. The number of rotatable bonds is 3. The molecule has 0 amide bonds. The zero-order valence-electron chi connectivity index (χ0n) is 16.8. The van der Waals surface area contributed by atoms with E-state index in [-0.39, 0.29) is 0 Å². The van der Waals surface area contributed by atoms with Gasteiger partial charge in [-0.1, -0.05) is 0 Å². The first-order chi connectivity index (χ1) is 15.3. The minimum absolute atomic E-state index is 0.598. The number of hydrogen-bond donors (Lipinski definition) is 3. The second-order valence-electron chi connectivity index (χ2n) is 7.86. The molecule has 31 heavy (non-hydrogen) atoms. The summed E-state index contributed by atoms with van der Waals surface area (Å²) in [5.41, 5.74) is 12.5. The Morgan fingerprint density at radius 1 is 1.00 bits per heavy atom. The highest BCUT2D eigenvalue weighted by Crippen LogP contribution is 2.32. The van der Waals surface area contributed by atoms with Crippen molar-refractivity contribution in [3.05, 3.63) is 43.0 Å². The molecule has 4 N–H and O–H groups in total. The van der Waals surface area contributed by atoms with Crippen LogP contribution >= 0.6 is 0 Å². The summed E-state index contributed by atoms with van der Waals surface area (Å²) in [5.74, 6) is 0.682. The predicted octanol–water partition coefficient (Wildman–Crippen LogP) is 3.53. The molecule has 154 valence electrons. The zero-order valence-corrected chi connectivity index (χ0v) is 16.8. The molecule has 0 aromatic carbocycles. The van der Waals surface area contributed by atoms with Gasteiger partial charge in [-0.05, 0) is 37.5 Å². The van der Waals surface area contributed by atoms with Crippen LogP contribution in [-0.2, 0) is 0 Å².